The van der Waals surface area contributed by atoms with Crippen LogP contribution in [0.15, 0.2) is 39.0 Å². The number of carbonyl (C=O) groups excluding carboxylic acids is 1. The fraction of sp³-hybridized carbons (Fsp3) is 0.353. The van der Waals surface area contributed by atoms with Crippen LogP contribution in [0.2, 0.25) is 0 Å². The molecular formula is C17H21N5O4. The van der Waals surface area contributed by atoms with Gasteiger partial charge in [0.05, 0.1) is 12.8 Å². The van der Waals surface area contributed by atoms with Gasteiger partial charge >= 0.3 is 5.69 Å². The molecule has 0 atom stereocenters. The molecule has 26 heavy (non-hydrogen) atoms. The third-order valence-electron chi connectivity index (χ3n) is 3.44. The maximum Gasteiger partial charge on any atom is 0.342 e. The number of para-hydroxylation sites is 1. The van der Waals surface area contributed by atoms with Gasteiger partial charge in [-0.2, -0.15) is 10.2 Å². The number of ether oxygens (including phenoxy) is 1. The zero-order valence-corrected chi connectivity index (χ0v) is 14.4. The van der Waals surface area contributed by atoms with Crippen LogP contribution in [0.4, 0.5) is 0 Å². The van der Waals surface area contributed by atoms with Crippen LogP contribution in [-0.4, -0.2) is 33.9 Å². The van der Waals surface area contributed by atoms with E-state index >= 15 is 0 Å². The molecule has 1 amide bonds. The van der Waals surface area contributed by atoms with E-state index in [0.717, 1.165) is 18.4 Å². The Balaban J connectivity index is 1.87. The average Bonchev–Trinajstić information content (AvgIpc) is 2.62. The monoisotopic (exact) mass is 359 g/mol. The van der Waals surface area contributed by atoms with E-state index in [1.54, 1.807) is 0 Å². The number of amides is 1. The summed E-state index contributed by atoms with van der Waals surface area (Å²) in [5.74, 6) is 0.320. The van der Waals surface area contributed by atoms with Gasteiger partial charge in [0.25, 0.3) is 5.56 Å². The summed E-state index contributed by atoms with van der Waals surface area (Å²) < 4.78 is 5.68. The lowest BCUT2D eigenvalue weighted by molar-refractivity contribution is -0.121. The quantitative estimate of drug-likeness (QED) is 0.345. The minimum absolute atomic E-state index is 0.00805. The number of hydrogen-bond acceptors (Lipinski definition) is 6. The molecule has 0 unspecified atom stereocenters. The van der Waals surface area contributed by atoms with E-state index in [1.165, 1.54) is 6.21 Å². The molecule has 9 heteroatoms. The number of hydrazone groups is 1. The van der Waals surface area contributed by atoms with Crippen LogP contribution in [0.5, 0.6) is 5.75 Å². The second kappa shape index (κ2) is 9.92. The van der Waals surface area contributed by atoms with Crippen molar-refractivity contribution in [3.8, 4) is 5.75 Å². The number of rotatable bonds is 9. The highest BCUT2D eigenvalue weighted by Gasteiger charge is 2.06. The van der Waals surface area contributed by atoms with Crippen molar-refractivity contribution in [2.45, 2.75) is 32.6 Å². The molecule has 0 aliphatic carbocycles. The molecule has 0 bridgehead atoms. The number of aryl methyl sites for hydroxylation is 1. The normalized spacial score (nSPS) is 10.8. The molecule has 0 aliphatic heterocycles. The summed E-state index contributed by atoms with van der Waals surface area (Å²) >= 11 is 0. The van der Waals surface area contributed by atoms with Crippen molar-refractivity contribution >= 4 is 12.1 Å². The zero-order chi connectivity index (χ0) is 18.8. The molecule has 0 saturated heterocycles. The molecule has 1 aromatic carbocycles. The highest BCUT2D eigenvalue weighted by Crippen LogP contribution is 2.16. The van der Waals surface area contributed by atoms with Gasteiger partial charge in [-0.3, -0.25) is 14.6 Å². The van der Waals surface area contributed by atoms with Crippen molar-refractivity contribution < 1.29 is 9.53 Å². The first kappa shape index (κ1) is 19.1. The highest BCUT2D eigenvalue weighted by molar-refractivity contribution is 5.85. The van der Waals surface area contributed by atoms with Crippen LogP contribution >= 0.6 is 0 Å². The Labute approximate surface area is 149 Å². The van der Waals surface area contributed by atoms with Gasteiger partial charge in [-0.15, -0.1) is 0 Å². The van der Waals surface area contributed by atoms with E-state index in [-0.39, 0.29) is 24.4 Å². The number of unbranched alkanes of at least 4 members (excludes halogenated alkanes) is 1. The maximum absolute atomic E-state index is 11.8. The molecule has 2 aromatic rings. The predicted molar refractivity (Wildman–Crippen MR) is 96.4 cm³/mol. The van der Waals surface area contributed by atoms with E-state index in [2.05, 4.69) is 27.6 Å². The van der Waals surface area contributed by atoms with E-state index < -0.39 is 11.2 Å². The molecule has 1 aromatic heterocycles. The Morgan fingerprint density at radius 1 is 1.35 bits per heavy atom. The predicted octanol–water partition coefficient (Wildman–Crippen LogP) is 0.720. The van der Waals surface area contributed by atoms with E-state index in [1.807, 2.05) is 29.2 Å². The molecule has 0 fully saturated rings. The van der Waals surface area contributed by atoms with E-state index in [9.17, 15) is 14.4 Å². The van der Waals surface area contributed by atoms with Gasteiger partial charge < -0.3 is 4.74 Å². The molecule has 138 valence electrons. The number of benzene rings is 1. The van der Waals surface area contributed by atoms with Crippen LogP contribution in [0.3, 0.4) is 0 Å². The standard InChI is InChI=1S/C17H21N5O4/c1-2-3-10-26-14-7-5-4-6-12(14)11-18-21-15(23)9-8-13-16(24)19-17(25)22-20-13/h4-7,11H,2-3,8-10H2,1H3,(H,21,23)(H2,19,22,24,25)/b18-11+. The van der Waals surface area contributed by atoms with Gasteiger partial charge in [0.15, 0.2) is 0 Å². The Hall–Kier alpha value is -3.23. The van der Waals surface area contributed by atoms with Crippen LogP contribution in [0.1, 0.15) is 37.4 Å². The Kier molecular flexibility index (Phi) is 7.29. The first-order valence-corrected chi connectivity index (χ1v) is 8.31. The van der Waals surface area contributed by atoms with Gasteiger partial charge in [-0.25, -0.2) is 15.3 Å². The van der Waals surface area contributed by atoms with Crippen molar-refractivity contribution in [1.82, 2.24) is 20.6 Å². The highest BCUT2D eigenvalue weighted by atomic mass is 16.5. The number of hydrogen-bond donors (Lipinski definition) is 3. The molecule has 0 radical (unpaired) electrons. The average molecular weight is 359 g/mol. The Bertz CT molecular complexity index is 872. The lowest BCUT2D eigenvalue weighted by atomic mass is 10.2. The maximum atomic E-state index is 11.8. The Morgan fingerprint density at radius 3 is 2.92 bits per heavy atom. The lowest BCUT2D eigenvalue weighted by Gasteiger charge is -2.08. The summed E-state index contributed by atoms with van der Waals surface area (Å²) in [6.45, 7) is 2.71. The summed E-state index contributed by atoms with van der Waals surface area (Å²) in [6, 6.07) is 7.39. The van der Waals surface area contributed by atoms with Crippen LogP contribution in [0.25, 0.3) is 0 Å². The largest absolute Gasteiger partial charge is 0.493 e. The van der Waals surface area contributed by atoms with Crippen LogP contribution in [0, 0.1) is 0 Å². The number of aromatic amines is 2. The minimum atomic E-state index is -0.687. The Morgan fingerprint density at radius 2 is 2.15 bits per heavy atom. The van der Waals surface area contributed by atoms with Crippen LogP contribution < -0.4 is 21.4 Å². The van der Waals surface area contributed by atoms with Gasteiger partial charge in [0.1, 0.15) is 11.4 Å². The molecule has 9 nitrogen and oxygen atoms in total. The van der Waals surface area contributed by atoms with E-state index in [0.29, 0.717) is 12.4 Å². The molecule has 0 saturated carbocycles. The topological polar surface area (TPSA) is 129 Å². The fourth-order valence-electron chi connectivity index (χ4n) is 2.05. The van der Waals surface area contributed by atoms with Crippen molar-refractivity contribution in [1.29, 1.82) is 0 Å². The first-order valence-electron chi connectivity index (χ1n) is 8.31. The van der Waals surface area contributed by atoms with Crippen molar-refractivity contribution in [2.75, 3.05) is 6.61 Å². The SMILES string of the molecule is CCCCOc1ccccc1/C=N/NC(=O)CCc1n[nH]c(=O)[nH]c1=O. The molecule has 0 spiro atoms. The van der Waals surface area contributed by atoms with E-state index in [4.69, 9.17) is 4.74 Å². The molecule has 2 rings (SSSR count). The van der Waals surface area contributed by atoms with Gasteiger partial charge in [0, 0.05) is 18.4 Å². The summed E-state index contributed by atoms with van der Waals surface area (Å²) in [5, 5.41) is 9.64. The second-order valence-corrected chi connectivity index (χ2v) is 5.49. The lowest BCUT2D eigenvalue weighted by Crippen LogP contribution is -2.28. The molecular weight excluding hydrogens is 338 g/mol. The summed E-state index contributed by atoms with van der Waals surface area (Å²) in [6.07, 6.45) is 3.60. The molecule has 3 N–H and O–H groups in total. The number of aromatic nitrogens is 3. The number of H-pyrrole nitrogens is 2. The van der Waals surface area contributed by atoms with Gasteiger partial charge in [0.2, 0.25) is 5.91 Å². The smallest absolute Gasteiger partial charge is 0.342 e. The number of carbonyl (C=O) groups is 1. The van der Waals surface area contributed by atoms with Gasteiger partial charge in [-0.05, 0) is 18.6 Å². The summed E-state index contributed by atoms with van der Waals surface area (Å²) in [5.41, 5.74) is 1.93. The van der Waals surface area contributed by atoms with Gasteiger partial charge in [-0.1, -0.05) is 25.5 Å². The van der Waals surface area contributed by atoms with Crippen molar-refractivity contribution in [3.05, 3.63) is 56.4 Å². The molecule has 0 aliphatic rings. The van der Waals surface area contributed by atoms with Crippen molar-refractivity contribution in [3.63, 3.8) is 0 Å². The number of nitrogens with one attached hydrogen (secondary N) is 3. The third-order valence-corrected chi connectivity index (χ3v) is 3.44. The van der Waals surface area contributed by atoms with Crippen LogP contribution in [-0.2, 0) is 11.2 Å². The summed E-state index contributed by atoms with van der Waals surface area (Å²) in [4.78, 5) is 36.2. The molecule has 1 heterocycles. The minimum Gasteiger partial charge on any atom is -0.493 e. The zero-order valence-electron chi connectivity index (χ0n) is 14.4. The van der Waals surface area contributed by atoms with Crippen molar-refractivity contribution in [2.24, 2.45) is 5.10 Å². The first-order chi connectivity index (χ1) is 12.6. The fourth-order valence-corrected chi connectivity index (χ4v) is 2.05. The number of nitrogens with zero attached hydrogens (tertiary/aromatic N) is 2. The summed E-state index contributed by atoms with van der Waals surface area (Å²) in [7, 11) is 0. The second-order valence-electron chi connectivity index (χ2n) is 5.49. The third kappa shape index (κ3) is 6.00.